The molecule has 1 N–H and O–H groups in total. The summed E-state index contributed by atoms with van der Waals surface area (Å²) in [4.78, 5) is 4.66. The molecule has 2 fully saturated rings. The second kappa shape index (κ2) is 6.26. The van der Waals surface area contributed by atoms with E-state index in [4.69, 9.17) is 0 Å². The Morgan fingerprint density at radius 2 is 2.05 bits per heavy atom. The van der Waals surface area contributed by atoms with Crippen molar-refractivity contribution in [3.05, 3.63) is 29.6 Å². The van der Waals surface area contributed by atoms with Crippen LogP contribution in [0.3, 0.4) is 0 Å². The third-order valence-corrected chi connectivity index (χ3v) is 5.32. The molecule has 0 amide bonds. The fraction of sp³-hybridized carbons (Fsp3) is 0.722. The van der Waals surface area contributed by atoms with Crippen LogP contribution in [0.2, 0.25) is 0 Å². The van der Waals surface area contributed by atoms with E-state index in [-0.39, 0.29) is 0 Å². The number of rotatable bonds is 7. The summed E-state index contributed by atoms with van der Waals surface area (Å²) in [7, 11) is 0. The van der Waals surface area contributed by atoms with Crippen LogP contribution in [-0.2, 0) is 12.8 Å². The van der Waals surface area contributed by atoms with Gasteiger partial charge in [0, 0.05) is 24.4 Å². The number of nitrogens with zero attached hydrogens (tertiary/aromatic N) is 1. The number of aromatic nitrogens is 1. The molecular weight excluding hydrogens is 244 g/mol. The molecule has 0 bridgehead atoms. The lowest BCUT2D eigenvalue weighted by Crippen LogP contribution is -2.35. The summed E-state index contributed by atoms with van der Waals surface area (Å²) in [6, 6.07) is 5.13. The van der Waals surface area contributed by atoms with Crippen molar-refractivity contribution in [2.24, 2.45) is 17.8 Å². The van der Waals surface area contributed by atoms with Crippen molar-refractivity contribution < 1.29 is 0 Å². The van der Waals surface area contributed by atoms with Crippen LogP contribution >= 0.6 is 0 Å². The first-order valence-electron chi connectivity index (χ1n) is 8.50. The maximum atomic E-state index is 4.66. The van der Waals surface area contributed by atoms with Gasteiger partial charge < -0.3 is 5.32 Å². The summed E-state index contributed by atoms with van der Waals surface area (Å²) in [6.07, 6.45) is 9.89. The zero-order chi connectivity index (χ0) is 13.9. The van der Waals surface area contributed by atoms with E-state index in [1.165, 1.54) is 36.9 Å². The molecule has 2 nitrogen and oxygen atoms in total. The lowest BCUT2D eigenvalue weighted by Gasteiger charge is -2.20. The van der Waals surface area contributed by atoms with Crippen LogP contribution in [0, 0.1) is 17.8 Å². The monoisotopic (exact) mass is 272 g/mol. The van der Waals surface area contributed by atoms with Crippen LogP contribution in [0.5, 0.6) is 0 Å². The third-order valence-electron chi connectivity index (χ3n) is 5.32. The van der Waals surface area contributed by atoms with E-state index < -0.39 is 0 Å². The molecule has 1 heterocycles. The van der Waals surface area contributed by atoms with E-state index in [0.29, 0.717) is 6.04 Å². The van der Waals surface area contributed by atoms with Crippen LogP contribution in [0.4, 0.5) is 0 Å². The van der Waals surface area contributed by atoms with Crippen molar-refractivity contribution in [3.63, 3.8) is 0 Å². The molecule has 0 spiro atoms. The van der Waals surface area contributed by atoms with Crippen molar-refractivity contribution in [1.82, 2.24) is 10.3 Å². The Labute approximate surface area is 123 Å². The van der Waals surface area contributed by atoms with Gasteiger partial charge in [-0.1, -0.05) is 26.3 Å². The Kier molecular flexibility index (Phi) is 4.40. The number of aryl methyl sites for hydroxylation is 1. The van der Waals surface area contributed by atoms with E-state index in [0.717, 1.165) is 37.1 Å². The van der Waals surface area contributed by atoms with Gasteiger partial charge in [-0.05, 0) is 61.6 Å². The maximum absolute atomic E-state index is 4.66. The third kappa shape index (κ3) is 2.90. The van der Waals surface area contributed by atoms with Gasteiger partial charge in [0.05, 0.1) is 0 Å². The van der Waals surface area contributed by atoms with E-state index in [9.17, 15) is 0 Å². The van der Waals surface area contributed by atoms with E-state index in [2.05, 4.69) is 42.5 Å². The lowest BCUT2D eigenvalue weighted by atomic mass is 9.99. The van der Waals surface area contributed by atoms with Gasteiger partial charge in [-0.3, -0.25) is 4.98 Å². The normalized spacial score (nSPS) is 29.2. The number of hydrogen-bond donors (Lipinski definition) is 1. The van der Waals surface area contributed by atoms with Gasteiger partial charge in [0.25, 0.3) is 0 Å². The Bertz CT molecular complexity index is 416. The molecule has 1 aromatic rings. The lowest BCUT2D eigenvalue weighted by molar-refractivity contribution is 0.401. The fourth-order valence-corrected chi connectivity index (χ4v) is 4.16. The molecule has 3 unspecified atom stereocenters. The fourth-order valence-electron chi connectivity index (χ4n) is 4.16. The van der Waals surface area contributed by atoms with E-state index in [1.54, 1.807) is 0 Å². The van der Waals surface area contributed by atoms with Crippen molar-refractivity contribution in [3.8, 4) is 0 Å². The highest BCUT2D eigenvalue weighted by molar-refractivity contribution is 5.16. The van der Waals surface area contributed by atoms with Crippen LogP contribution in [0.1, 0.15) is 50.8 Å². The quantitative estimate of drug-likeness (QED) is 0.820. The average Bonchev–Trinajstić information content (AvgIpc) is 2.96. The molecule has 110 valence electrons. The van der Waals surface area contributed by atoms with Crippen molar-refractivity contribution in [2.75, 3.05) is 6.54 Å². The minimum Gasteiger partial charge on any atom is -0.313 e. The largest absolute Gasteiger partial charge is 0.313 e. The van der Waals surface area contributed by atoms with Crippen LogP contribution in [-0.4, -0.2) is 17.6 Å². The Hall–Kier alpha value is -0.890. The summed E-state index contributed by atoms with van der Waals surface area (Å²) in [6.45, 7) is 5.59. The molecule has 3 rings (SSSR count). The molecule has 2 aliphatic rings. The summed E-state index contributed by atoms with van der Waals surface area (Å²) in [5.74, 6) is 2.99. The number of fused-ring (bicyclic) bond motifs is 1. The van der Waals surface area contributed by atoms with Gasteiger partial charge in [0.15, 0.2) is 0 Å². The Morgan fingerprint density at radius 3 is 2.65 bits per heavy atom. The predicted molar refractivity (Wildman–Crippen MR) is 83.7 cm³/mol. The van der Waals surface area contributed by atoms with Gasteiger partial charge >= 0.3 is 0 Å². The van der Waals surface area contributed by atoms with Gasteiger partial charge in [-0.25, -0.2) is 0 Å². The minimum atomic E-state index is 0.658. The SMILES string of the molecule is CCCNC(Cc1ccc(CC)cn1)C1C2CCCC21. The van der Waals surface area contributed by atoms with E-state index in [1.807, 2.05) is 0 Å². The molecule has 0 radical (unpaired) electrons. The maximum Gasteiger partial charge on any atom is 0.0419 e. The topological polar surface area (TPSA) is 24.9 Å². The number of hydrogen-bond acceptors (Lipinski definition) is 2. The standard InChI is InChI=1S/C18H28N2/c1-3-10-19-17(18-15-6-5-7-16(15)18)11-14-9-8-13(4-2)12-20-14/h8-9,12,15-19H,3-7,10-11H2,1-2H3. The molecule has 3 atom stereocenters. The number of pyridine rings is 1. The zero-order valence-corrected chi connectivity index (χ0v) is 12.9. The van der Waals surface area contributed by atoms with Crippen molar-refractivity contribution in [1.29, 1.82) is 0 Å². The summed E-state index contributed by atoms with van der Waals surface area (Å²) in [5.41, 5.74) is 2.61. The zero-order valence-electron chi connectivity index (χ0n) is 12.9. The first kappa shape index (κ1) is 14.1. The molecule has 1 aromatic heterocycles. The molecule has 2 heteroatoms. The van der Waals surface area contributed by atoms with Gasteiger partial charge in [-0.15, -0.1) is 0 Å². The van der Waals surface area contributed by atoms with Crippen LogP contribution < -0.4 is 5.32 Å². The van der Waals surface area contributed by atoms with Crippen LogP contribution in [0.15, 0.2) is 18.3 Å². The Balaban J connectivity index is 1.63. The summed E-state index contributed by atoms with van der Waals surface area (Å²) < 4.78 is 0. The van der Waals surface area contributed by atoms with Crippen molar-refractivity contribution in [2.45, 2.75) is 58.4 Å². The smallest absolute Gasteiger partial charge is 0.0419 e. The molecule has 0 aliphatic heterocycles. The van der Waals surface area contributed by atoms with Gasteiger partial charge in [0.1, 0.15) is 0 Å². The van der Waals surface area contributed by atoms with E-state index >= 15 is 0 Å². The second-order valence-electron chi connectivity index (χ2n) is 6.61. The highest BCUT2D eigenvalue weighted by Crippen LogP contribution is 2.59. The Morgan fingerprint density at radius 1 is 1.25 bits per heavy atom. The molecular formula is C18H28N2. The first-order valence-corrected chi connectivity index (χ1v) is 8.50. The molecule has 20 heavy (non-hydrogen) atoms. The highest BCUT2D eigenvalue weighted by atomic mass is 14.9. The predicted octanol–water partition coefficient (Wildman–Crippen LogP) is 3.60. The van der Waals surface area contributed by atoms with Gasteiger partial charge in [-0.2, -0.15) is 0 Å². The molecule has 0 saturated heterocycles. The number of nitrogens with one attached hydrogen (secondary N) is 1. The summed E-state index contributed by atoms with van der Waals surface area (Å²) in [5, 5.41) is 3.80. The average molecular weight is 272 g/mol. The summed E-state index contributed by atoms with van der Waals surface area (Å²) >= 11 is 0. The minimum absolute atomic E-state index is 0.658. The van der Waals surface area contributed by atoms with Crippen molar-refractivity contribution >= 4 is 0 Å². The first-order chi connectivity index (χ1) is 9.83. The molecule has 2 aliphatic carbocycles. The van der Waals surface area contributed by atoms with Crippen LogP contribution in [0.25, 0.3) is 0 Å². The second-order valence-corrected chi connectivity index (χ2v) is 6.61. The van der Waals surface area contributed by atoms with Gasteiger partial charge in [0.2, 0.25) is 0 Å². The molecule has 2 saturated carbocycles. The molecule has 0 aromatic carbocycles. The highest BCUT2D eigenvalue weighted by Gasteiger charge is 2.55.